The van der Waals surface area contributed by atoms with Crippen LogP contribution in [-0.4, -0.2) is 95.4 Å². The lowest BCUT2D eigenvalue weighted by Crippen LogP contribution is -2.49. The van der Waals surface area contributed by atoms with Gasteiger partial charge < -0.3 is 19.8 Å². The number of halogens is 2. The van der Waals surface area contributed by atoms with Crippen molar-refractivity contribution < 1.29 is 33.7 Å². The van der Waals surface area contributed by atoms with E-state index < -0.39 is 11.9 Å². The number of ether oxygens (including phenoxy) is 1. The van der Waals surface area contributed by atoms with Gasteiger partial charge in [0.05, 0.1) is 6.54 Å². The van der Waals surface area contributed by atoms with Crippen LogP contribution in [0, 0.1) is 5.82 Å². The van der Waals surface area contributed by atoms with Crippen LogP contribution in [0.5, 0.6) is 0 Å². The lowest BCUT2D eigenvalue weighted by atomic mass is 9.96. The Hall–Kier alpha value is -3.12. The van der Waals surface area contributed by atoms with Gasteiger partial charge in [-0.2, -0.15) is 0 Å². The predicted molar refractivity (Wildman–Crippen MR) is 144 cm³/mol. The van der Waals surface area contributed by atoms with Crippen molar-refractivity contribution in [3.63, 3.8) is 0 Å². The fourth-order valence-corrected chi connectivity index (χ4v) is 6.11. The Balaban J connectivity index is 0.000000386. The fraction of sp³-hybridized carbons (Fsp3) is 0.370. The highest BCUT2D eigenvalue weighted by atomic mass is 35.5. The van der Waals surface area contributed by atoms with Gasteiger partial charge in [0.1, 0.15) is 12.4 Å². The van der Waals surface area contributed by atoms with Crippen molar-refractivity contribution in [1.29, 1.82) is 0 Å². The maximum Gasteiger partial charge on any atom is 0.409 e. The predicted octanol–water partition coefficient (Wildman–Crippen LogP) is 4.01. The van der Waals surface area contributed by atoms with E-state index in [0.29, 0.717) is 31.8 Å². The van der Waals surface area contributed by atoms with Gasteiger partial charge >= 0.3 is 18.0 Å². The third kappa shape index (κ3) is 7.95. The highest BCUT2D eigenvalue weighted by molar-refractivity contribution is 7.99. The zero-order valence-electron chi connectivity index (χ0n) is 21.1. The zero-order chi connectivity index (χ0) is 27.9. The molecule has 3 heterocycles. The van der Waals surface area contributed by atoms with E-state index in [1.165, 1.54) is 11.1 Å². The first-order chi connectivity index (χ1) is 18.7. The summed E-state index contributed by atoms with van der Waals surface area (Å²) < 4.78 is 19.1. The molecule has 2 fully saturated rings. The monoisotopic (exact) mass is 577 g/mol. The molecule has 0 radical (unpaired) electrons. The number of hydrogen-bond donors (Lipinski definition) is 2. The minimum absolute atomic E-state index is 0.193. The second kappa shape index (κ2) is 13.3. The van der Waals surface area contributed by atoms with E-state index in [0.717, 1.165) is 54.0 Å². The molecule has 5 rings (SSSR count). The normalized spacial score (nSPS) is 19.5. The number of carboxylic acid groups (broad SMARTS) is 2. The van der Waals surface area contributed by atoms with Gasteiger partial charge in [-0.3, -0.25) is 9.80 Å². The first-order valence-electron chi connectivity index (χ1n) is 12.5. The summed E-state index contributed by atoms with van der Waals surface area (Å²) >= 11 is 7.92. The highest BCUT2D eigenvalue weighted by Crippen LogP contribution is 2.44. The Kier molecular flexibility index (Phi) is 9.84. The first kappa shape index (κ1) is 28.9. The summed E-state index contributed by atoms with van der Waals surface area (Å²) in [5, 5.41) is 16.4. The third-order valence-corrected chi connectivity index (χ3v) is 8.16. The van der Waals surface area contributed by atoms with Gasteiger partial charge in [0, 0.05) is 72.3 Å². The van der Waals surface area contributed by atoms with E-state index in [-0.39, 0.29) is 18.0 Å². The van der Waals surface area contributed by atoms with Gasteiger partial charge in [0.25, 0.3) is 0 Å². The molecule has 208 valence electrons. The molecule has 2 N–H and O–H groups in total. The lowest BCUT2D eigenvalue weighted by Gasteiger charge is -2.40. The molecule has 3 aliphatic rings. The van der Waals surface area contributed by atoms with Gasteiger partial charge in [-0.1, -0.05) is 29.4 Å². The van der Waals surface area contributed by atoms with Gasteiger partial charge in [-0.05, 0) is 47.9 Å². The van der Waals surface area contributed by atoms with Crippen molar-refractivity contribution in [3.05, 3.63) is 70.5 Å². The Morgan fingerprint density at radius 2 is 1.72 bits per heavy atom. The molecule has 12 heteroatoms. The molecule has 39 heavy (non-hydrogen) atoms. The smallest absolute Gasteiger partial charge is 0.409 e. The van der Waals surface area contributed by atoms with Gasteiger partial charge in [0.15, 0.2) is 0 Å². The van der Waals surface area contributed by atoms with Crippen LogP contribution in [0.3, 0.4) is 0 Å². The van der Waals surface area contributed by atoms with Crippen molar-refractivity contribution in [2.45, 2.75) is 22.3 Å². The molecule has 0 saturated carbocycles. The van der Waals surface area contributed by atoms with E-state index in [4.69, 9.17) is 26.6 Å². The molecular weight excluding hydrogens is 549 g/mol. The summed E-state index contributed by atoms with van der Waals surface area (Å²) in [5.74, 6) is -2.72. The van der Waals surface area contributed by atoms with Crippen LogP contribution < -0.4 is 0 Å². The zero-order valence-corrected chi connectivity index (χ0v) is 22.7. The second-order valence-corrected chi connectivity index (χ2v) is 10.8. The number of nitrogens with zero attached hydrogens (tertiary/aromatic N) is 3. The third-order valence-electron chi connectivity index (χ3n) is 6.74. The van der Waals surface area contributed by atoms with E-state index in [1.54, 1.807) is 28.8 Å². The molecule has 0 aliphatic carbocycles. The summed E-state index contributed by atoms with van der Waals surface area (Å²) in [6.07, 6.45) is 1.78. The first-order valence-corrected chi connectivity index (χ1v) is 13.7. The average Bonchev–Trinajstić information content (AvgIpc) is 3.24. The fourth-order valence-electron chi connectivity index (χ4n) is 4.77. The Morgan fingerprint density at radius 1 is 1.00 bits per heavy atom. The number of piperazine rings is 1. The van der Waals surface area contributed by atoms with E-state index in [1.807, 2.05) is 24.3 Å². The van der Waals surface area contributed by atoms with E-state index in [2.05, 4.69) is 9.80 Å². The number of cyclic esters (lactones) is 1. The minimum Gasteiger partial charge on any atom is -0.478 e. The van der Waals surface area contributed by atoms with Crippen LogP contribution in [0.4, 0.5) is 9.18 Å². The molecule has 9 nitrogen and oxygen atoms in total. The second-order valence-electron chi connectivity index (χ2n) is 9.25. The van der Waals surface area contributed by atoms with Crippen LogP contribution in [0.2, 0.25) is 5.02 Å². The molecule has 0 aromatic heterocycles. The number of carbonyl (C=O) groups excluding carboxylic acids is 1. The van der Waals surface area contributed by atoms with Gasteiger partial charge in [-0.25, -0.2) is 18.8 Å². The number of benzene rings is 2. The van der Waals surface area contributed by atoms with Gasteiger partial charge in [-0.15, -0.1) is 0 Å². The number of hydrogen-bond acceptors (Lipinski definition) is 7. The van der Waals surface area contributed by atoms with Crippen LogP contribution >= 0.6 is 23.4 Å². The van der Waals surface area contributed by atoms with Gasteiger partial charge in [0.2, 0.25) is 0 Å². The summed E-state index contributed by atoms with van der Waals surface area (Å²) in [5.41, 5.74) is 2.40. The maximum absolute atomic E-state index is 14.0. The molecule has 2 saturated heterocycles. The number of amides is 1. The Labute approximate surface area is 234 Å². The standard InChI is InChI=1S/C23H25ClFN3O2S.C4H4O4/c24-17-1-4-21-16(13-17)14-20(19-3-2-18(25)15-22(19)31-21)27-8-5-26(6-9-27)7-10-28-11-12-30-23(28)29;5-3(6)1-2-4(7)8/h1-4,13,15,20H,5-12,14H2;1-2H,(H,5,6)(H,7,8)/b;2-1-. The SMILES string of the molecule is O=C(O)/C=C\C(=O)O.O=C1OCCN1CCN1CCN(C2Cc3cc(Cl)ccc3Sc3cc(F)ccc32)CC1. The summed E-state index contributed by atoms with van der Waals surface area (Å²) in [6, 6.07) is 11.4. The van der Waals surface area contributed by atoms with Crippen molar-refractivity contribution >= 4 is 41.4 Å². The van der Waals surface area contributed by atoms with Crippen LogP contribution in [0.1, 0.15) is 17.2 Å². The molecular formula is C27H29ClFN3O6S. The quantitative estimate of drug-likeness (QED) is 0.492. The minimum atomic E-state index is -1.26. The maximum atomic E-state index is 14.0. The van der Waals surface area contributed by atoms with Crippen molar-refractivity contribution in [1.82, 2.24) is 14.7 Å². The summed E-state index contributed by atoms with van der Waals surface area (Å²) in [4.78, 5) is 39.6. The molecule has 3 aliphatic heterocycles. The number of fused-ring (bicyclic) bond motifs is 2. The molecule has 1 atom stereocenters. The van der Waals surface area contributed by atoms with Crippen LogP contribution in [0.25, 0.3) is 0 Å². The number of carboxylic acids is 2. The van der Waals surface area contributed by atoms with E-state index >= 15 is 0 Å². The van der Waals surface area contributed by atoms with Crippen molar-refractivity contribution in [2.75, 3.05) is 52.4 Å². The summed E-state index contributed by atoms with van der Waals surface area (Å²) in [6.45, 7) is 6.54. The van der Waals surface area contributed by atoms with Crippen LogP contribution in [-0.2, 0) is 20.7 Å². The summed E-state index contributed by atoms with van der Waals surface area (Å²) in [7, 11) is 0. The molecule has 1 unspecified atom stereocenters. The Bertz CT molecular complexity index is 1240. The van der Waals surface area contributed by atoms with Crippen molar-refractivity contribution in [2.24, 2.45) is 0 Å². The number of carbonyl (C=O) groups is 3. The molecule has 2 aromatic rings. The van der Waals surface area contributed by atoms with E-state index in [9.17, 15) is 18.8 Å². The molecule has 2 aromatic carbocycles. The van der Waals surface area contributed by atoms with Crippen molar-refractivity contribution in [3.8, 4) is 0 Å². The lowest BCUT2D eigenvalue weighted by molar-refractivity contribution is -0.134. The highest BCUT2D eigenvalue weighted by Gasteiger charge is 2.31. The molecule has 0 bridgehead atoms. The largest absolute Gasteiger partial charge is 0.478 e. The molecule has 0 spiro atoms. The number of aliphatic carboxylic acids is 2. The Morgan fingerprint density at radius 3 is 2.36 bits per heavy atom. The van der Waals surface area contributed by atoms with Crippen LogP contribution in [0.15, 0.2) is 58.3 Å². The topological polar surface area (TPSA) is 111 Å². The number of rotatable bonds is 6. The molecule has 1 amide bonds. The average molecular weight is 578 g/mol.